The fourth-order valence-electron chi connectivity index (χ4n) is 5.21. The molecule has 4 atom stereocenters. The first-order valence-electron chi connectivity index (χ1n) is 12.6. The second kappa shape index (κ2) is 15.3. The molecule has 0 saturated carbocycles. The third-order valence-electron chi connectivity index (χ3n) is 6.99. The molecule has 4 aliphatic rings. The van der Waals surface area contributed by atoms with E-state index in [-0.39, 0.29) is 31.3 Å². The van der Waals surface area contributed by atoms with E-state index in [2.05, 4.69) is 52.0 Å². The average molecular weight is 637 g/mol. The van der Waals surface area contributed by atoms with Gasteiger partial charge in [0.05, 0.1) is 10.6 Å². The first-order chi connectivity index (χ1) is 16.3. The van der Waals surface area contributed by atoms with Gasteiger partial charge in [0.25, 0.3) is 11.8 Å². The Morgan fingerprint density at radius 3 is 1.11 bits per heavy atom. The molecule has 4 rings (SSSR count). The zero-order valence-electron chi connectivity index (χ0n) is 21.9. The van der Waals surface area contributed by atoms with E-state index in [1.54, 1.807) is 7.05 Å². The minimum Gasteiger partial charge on any atom is -0.418 e. The van der Waals surface area contributed by atoms with Crippen LogP contribution in [0.25, 0.3) is 0 Å². The molecule has 207 valence electrons. The van der Waals surface area contributed by atoms with Gasteiger partial charge in [-0.05, 0) is 74.0 Å². The van der Waals surface area contributed by atoms with Crippen LogP contribution in [0.1, 0.15) is 79.1 Å². The summed E-state index contributed by atoms with van der Waals surface area (Å²) in [5.41, 5.74) is 2.34. The number of hydrogen-bond acceptors (Lipinski definition) is 2. The second-order valence-electron chi connectivity index (χ2n) is 9.82. The Bertz CT molecular complexity index is 754. The third-order valence-corrected chi connectivity index (χ3v) is 13.9. The van der Waals surface area contributed by atoms with Gasteiger partial charge in [-0.25, -0.2) is 0 Å². The summed E-state index contributed by atoms with van der Waals surface area (Å²) < 4.78 is 39.0. The van der Waals surface area contributed by atoms with E-state index in [4.69, 9.17) is 0 Å². The van der Waals surface area contributed by atoms with Gasteiger partial charge in [-0.2, -0.15) is 0 Å². The fraction of sp³-hybridized carbons (Fsp3) is 0.680. The minimum atomic E-state index is -6.00. The van der Waals surface area contributed by atoms with Crippen molar-refractivity contribution in [2.24, 2.45) is 0 Å². The summed E-state index contributed by atoms with van der Waals surface area (Å²) in [5.74, 6) is 0.0565. The van der Waals surface area contributed by atoms with Crippen molar-refractivity contribution in [1.29, 1.82) is 0 Å². The molecule has 3 heterocycles. The van der Waals surface area contributed by atoms with Crippen LogP contribution in [0.3, 0.4) is 0 Å². The van der Waals surface area contributed by atoms with Gasteiger partial charge in [-0.1, -0.05) is 67.8 Å². The molecule has 0 aromatic carbocycles. The number of likely N-dealkylation sites (N-methyl/N-ethyl adjacent to an activating group) is 1. The zero-order chi connectivity index (χ0) is 26.3. The Morgan fingerprint density at radius 1 is 0.667 bits per heavy atom. The van der Waals surface area contributed by atoms with Gasteiger partial charge in [-0.3, -0.25) is 14.5 Å². The van der Waals surface area contributed by atoms with Gasteiger partial charge in [0.15, 0.2) is 0 Å². The number of allylic oxidation sites excluding steroid dienone is 4. The van der Waals surface area contributed by atoms with Crippen molar-refractivity contribution in [1.82, 2.24) is 4.90 Å². The molecular formula is C25H39BF4NO2P2Rh-. The summed E-state index contributed by atoms with van der Waals surface area (Å²) in [6.45, 7) is 9.13. The maximum atomic E-state index is 12.8. The molecular weight excluding hydrogens is 598 g/mol. The smallest absolute Gasteiger partial charge is 0.418 e. The normalized spacial score (nSPS) is 31.1. The van der Waals surface area contributed by atoms with Crippen LogP contribution < -0.4 is 0 Å². The zero-order valence-corrected chi connectivity index (χ0v) is 25.3. The van der Waals surface area contributed by atoms with Crippen LogP contribution in [0, 0.1) is 0 Å². The molecule has 0 N–H and O–H groups in total. The quantitative estimate of drug-likeness (QED) is 0.101. The van der Waals surface area contributed by atoms with Gasteiger partial charge in [-0.15, -0.1) is 0 Å². The number of nitrogens with zero attached hydrogens (tertiary/aromatic N) is 1. The van der Waals surface area contributed by atoms with Gasteiger partial charge in [0.1, 0.15) is 0 Å². The number of hydrogen-bond donors (Lipinski definition) is 0. The molecule has 0 bridgehead atoms. The van der Waals surface area contributed by atoms with Gasteiger partial charge >= 0.3 is 7.25 Å². The molecule has 1 aliphatic carbocycles. The van der Waals surface area contributed by atoms with Crippen LogP contribution >= 0.6 is 15.8 Å². The van der Waals surface area contributed by atoms with Gasteiger partial charge < -0.3 is 17.3 Å². The van der Waals surface area contributed by atoms with E-state index >= 15 is 0 Å². The monoisotopic (exact) mass is 637 g/mol. The number of rotatable bonds is 2. The van der Waals surface area contributed by atoms with E-state index in [9.17, 15) is 26.9 Å². The maximum Gasteiger partial charge on any atom is 0.673 e. The molecule has 0 aromatic heterocycles. The topological polar surface area (TPSA) is 37.4 Å². The molecule has 36 heavy (non-hydrogen) atoms. The van der Waals surface area contributed by atoms with Crippen molar-refractivity contribution in [2.45, 2.75) is 102 Å². The van der Waals surface area contributed by atoms with E-state index in [0.717, 1.165) is 10.6 Å². The summed E-state index contributed by atoms with van der Waals surface area (Å²) >= 11 is 0. The van der Waals surface area contributed by atoms with Gasteiger partial charge in [0.2, 0.25) is 0 Å². The van der Waals surface area contributed by atoms with Crippen LogP contribution in [0.2, 0.25) is 0 Å². The number of imide groups is 1. The summed E-state index contributed by atoms with van der Waals surface area (Å²) in [6, 6.07) is 0. The molecule has 0 spiro atoms. The van der Waals surface area contributed by atoms with Crippen molar-refractivity contribution in [2.75, 3.05) is 7.05 Å². The van der Waals surface area contributed by atoms with Crippen LogP contribution in [-0.2, 0) is 29.1 Å². The SMILES string of the molecule is C1=C\CC/C=C\CC/1.C[C@@H]1CC[C@@H](C)P1C1=C(P2[C@H](C)CC[C@H]2C)C(=O)N(C)C1=O.F[B-](F)(F)F.[Rh]. The molecule has 2 saturated heterocycles. The Hall–Kier alpha value is -0.372. The van der Waals surface area contributed by atoms with Crippen molar-refractivity contribution < 1.29 is 46.3 Å². The molecule has 2 fully saturated rings. The third kappa shape index (κ3) is 9.43. The van der Waals surface area contributed by atoms with E-state index in [1.807, 2.05) is 0 Å². The summed E-state index contributed by atoms with van der Waals surface area (Å²) in [5, 5.41) is 1.96. The number of carbonyl (C=O) groups is 2. The largest absolute Gasteiger partial charge is 0.673 e. The Kier molecular flexibility index (Phi) is 14.3. The van der Waals surface area contributed by atoms with Crippen LogP contribution in [0.5, 0.6) is 0 Å². The summed E-state index contributed by atoms with van der Waals surface area (Å²) in [6.07, 6.45) is 18.8. The standard InChI is InChI=1S/C17H27NO2P2.C8H12.BF4.Rh/c1-10-6-7-11(2)21(10)14-15(17(20)18(5)16(14)19)22-12(3)8-9-13(22)4;1-2-4-6-8-7-5-3-1;2-1(3,4)5;/h10-13H,6-9H2,1-5H3;1-2,7-8H,3-6H2;;/q;;-1;/b;2-1-,8-7-;;/t10-,11-,12-,13-;;;/m1.../s1. The molecule has 3 nitrogen and oxygen atoms in total. The van der Waals surface area contributed by atoms with E-state index < -0.39 is 23.1 Å². The molecule has 0 unspecified atom stereocenters. The Labute approximate surface area is 229 Å². The number of halogens is 4. The van der Waals surface area contributed by atoms with Gasteiger partial charge in [0, 0.05) is 26.5 Å². The number of amides is 2. The molecule has 1 radical (unpaired) electrons. The molecule has 3 aliphatic heterocycles. The average Bonchev–Trinajstić information content (AvgIpc) is 3.30. The first-order valence-corrected chi connectivity index (χ1v) is 15.6. The first kappa shape index (κ1) is 33.7. The van der Waals surface area contributed by atoms with Crippen LogP contribution in [-0.4, -0.2) is 53.7 Å². The maximum absolute atomic E-state index is 12.8. The molecule has 11 heteroatoms. The molecule has 0 aromatic rings. The predicted molar refractivity (Wildman–Crippen MR) is 142 cm³/mol. The van der Waals surface area contributed by atoms with E-state index in [0.29, 0.717) is 22.6 Å². The fourth-order valence-corrected chi connectivity index (χ4v) is 12.5. The number of carbonyl (C=O) groups excluding carboxylic acids is 2. The second-order valence-corrected chi connectivity index (χ2v) is 15.9. The van der Waals surface area contributed by atoms with Crippen molar-refractivity contribution in [3.05, 3.63) is 34.9 Å². The summed E-state index contributed by atoms with van der Waals surface area (Å²) in [4.78, 5) is 27.1. The summed E-state index contributed by atoms with van der Waals surface area (Å²) in [7, 11) is -5.26. The van der Waals surface area contributed by atoms with E-state index in [1.165, 1.54) is 56.3 Å². The van der Waals surface area contributed by atoms with Crippen LogP contribution in [0.15, 0.2) is 34.9 Å². The molecule has 2 amide bonds. The Morgan fingerprint density at radius 2 is 0.889 bits per heavy atom. The van der Waals surface area contributed by atoms with Crippen molar-refractivity contribution in [3.63, 3.8) is 0 Å². The van der Waals surface area contributed by atoms with Crippen molar-refractivity contribution >= 4 is 34.9 Å². The van der Waals surface area contributed by atoms with Crippen LogP contribution in [0.4, 0.5) is 17.3 Å². The van der Waals surface area contributed by atoms with Crippen molar-refractivity contribution in [3.8, 4) is 0 Å². The Balaban J connectivity index is 0.000000383. The predicted octanol–water partition coefficient (Wildman–Crippen LogP) is 8.27. The minimum absolute atomic E-state index is 0.